The quantitative estimate of drug-likeness (QED) is 0.807. The van der Waals surface area contributed by atoms with Crippen molar-refractivity contribution in [1.82, 2.24) is 4.90 Å². The van der Waals surface area contributed by atoms with Crippen molar-refractivity contribution in [2.45, 2.75) is 0 Å². The monoisotopic (exact) mass is 257 g/mol. The lowest BCUT2D eigenvalue weighted by Gasteiger charge is -2.24. The maximum absolute atomic E-state index is 5.94. The number of nitrogens with zero attached hydrogens (tertiary/aromatic N) is 1. The molecule has 1 aromatic rings. The molecule has 1 saturated heterocycles. The van der Waals surface area contributed by atoms with Crippen LogP contribution in [0.4, 0.5) is 0 Å². The first-order valence-electron chi connectivity index (χ1n) is 5.21. The molecule has 0 aliphatic carbocycles. The third-order valence-electron chi connectivity index (χ3n) is 2.47. The van der Waals surface area contributed by atoms with E-state index in [2.05, 4.69) is 11.1 Å². The zero-order valence-corrected chi connectivity index (χ0v) is 10.3. The van der Waals surface area contributed by atoms with E-state index in [0.717, 1.165) is 31.9 Å². The van der Waals surface area contributed by atoms with Gasteiger partial charge in [-0.1, -0.05) is 29.3 Å². The second kappa shape index (κ2) is 5.58. The number of hydrogen-bond donors (Lipinski definition) is 0. The van der Waals surface area contributed by atoms with Gasteiger partial charge in [0.15, 0.2) is 0 Å². The number of hydrogen-bond acceptors (Lipinski definition) is 2. The standard InChI is InChI=1S/C12H13Cl2NO/c13-11-2-1-10(9-12(11)14)3-4-15-5-7-16-8-6-15/h1-4,9H,5-8H2/b4-3+. The van der Waals surface area contributed by atoms with Gasteiger partial charge in [0.1, 0.15) is 0 Å². The Bertz CT molecular complexity index is 387. The van der Waals surface area contributed by atoms with Gasteiger partial charge in [-0.25, -0.2) is 0 Å². The van der Waals surface area contributed by atoms with Crippen molar-refractivity contribution in [2.75, 3.05) is 26.3 Å². The predicted octanol–water partition coefficient (Wildman–Crippen LogP) is 3.30. The van der Waals surface area contributed by atoms with Crippen LogP contribution in [-0.2, 0) is 4.74 Å². The molecule has 1 heterocycles. The summed E-state index contributed by atoms with van der Waals surface area (Å²) in [7, 11) is 0. The summed E-state index contributed by atoms with van der Waals surface area (Å²) in [6.07, 6.45) is 4.11. The third-order valence-corrected chi connectivity index (χ3v) is 3.21. The van der Waals surface area contributed by atoms with Gasteiger partial charge in [0.25, 0.3) is 0 Å². The second-order valence-corrected chi connectivity index (χ2v) is 4.45. The Balaban J connectivity index is 2.02. The molecule has 0 radical (unpaired) electrons. The van der Waals surface area contributed by atoms with E-state index in [4.69, 9.17) is 27.9 Å². The molecule has 0 atom stereocenters. The SMILES string of the molecule is Clc1ccc(/C=C/N2CCOCC2)cc1Cl. The Labute approximate surface area is 105 Å². The minimum absolute atomic E-state index is 0.588. The summed E-state index contributed by atoms with van der Waals surface area (Å²) >= 11 is 11.8. The number of halogens is 2. The molecule has 0 aromatic heterocycles. The van der Waals surface area contributed by atoms with E-state index < -0.39 is 0 Å². The summed E-state index contributed by atoms with van der Waals surface area (Å²) in [6.45, 7) is 3.48. The molecule has 0 N–H and O–H groups in total. The lowest BCUT2D eigenvalue weighted by atomic mass is 10.2. The Kier molecular flexibility index (Phi) is 4.10. The molecule has 4 heteroatoms. The van der Waals surface area contributed by atoms with Gasteiger partial charge < -0.3 is 9.64 Å². The van der Waals surface area contributed by atoms with Gasteiger partial charge in [0, 0.05) is 13.1 Å². The Morgan fingerprint density at radius 2 is 1.88 bits per heavy atom. The smallest absolute Gasteiger partial charge is 0.0642 e. The molecule has 0 saturated carbocycles. The number of morpholine rings is 1. The Morgan fingerprint density at radius 1 is 1.12 bits per heavy atom. The molecule has 16 heavy (non-hydrogen) atoms. The molecule has 0 spiro atoms. The maximum Gasteiger partial charge on any atom is 0.0642 e. The first-order chi connectivity index (χ1) is 7.75. The van der Waals surface area contributed by atoms with E-state index in [1.54, 1.807) is 0 Å². The molecule has 1 fully saturated rings. The highest BCUT2D eigenvalue weighted by molar-refractivity contribution is 6.42. The summed E-state index contributed by atoms with van der Waals surface area (Å²) in [5, 5.41) is 1.18. The third kappa shape index (κ3) is 3.14. The van der Waals surface area contributed by atoms with E-state index in [1.165, 1.54) is 0 Å². The van der Waals surface area contributed by atoms with Gasteiger partial charge in [0.05, 0.1) is 23.3 Å². The van der Waals surface area contributed by atoms with E-state index in [9.17, 15) is 0 Å². The highest BCUT2D eigenvalue weighted by Crippen LogP contribution is 2.23. The van der Waals surface area contributed by atoms with Crippen LogP contribution in [0.5, 0.6) is 0 Å². The minimum Gasteiger partial charge on any atom is -0.378 e. The molecule has 86 valence electrons. The van der Waals surface area contributed by atoms with E-state index in [-0.39, 0.29) is 0 Å². The zero-order chi connectivity index (χ0) is 11.4. The number of benzene rings is 1. The molecule has 1 aliphatic rings. The summed E-state index contributed by atoms with van der Waals surface area (Å²) < 4.78 is 5.27. The first-order valence-corrected chi connectivity index (χ1v) is 5.96. The predicted molar refractivity (Wildman–Crippen MR) is 67.9 cm³/mol. The highest BCUT2D eigenvalue weighted by atomic mass is 35.5. The van der Waals surface area contributed by atoms with Crippen molar-refractivity contribution >= 4 is 29.3 Å². The molecule has 0 bridgehead atoms. The van der Waals surface area contributed by atoms with Crippen LogP contribution in [0.3, 0.4) is 0 Å². The summed E-state index contributed by atoms with van der Waals surface area (Å²) in [4.78, 5) is 2.23. The Hall–Kier alpha value is -0.700. The van der Waals surface area contributed by atoms with Gasteiger partial charge in [-0.2, -0.15) is 0 Å². The van der Waals surface area contributed by atoms with Crippen LogP contribution >= 0.6 is 23.2 Å². The van der Waals surface area contributed by atoms with Crippen LogP contribution in [0.25, 0.3) is 6.08 Å². The van der Waals surface area contributed by atoms with E-state index in [0.29, 0.717) is 10.0 Å². The largest absolute Gasteiger partial charge is 0.378 e. The molecular formula is C12H13Cl2NO. The summed E-state index contributed by atoms with van der Waals surface area (Å²) in [5.74, 6) is 0. The van der Waals surface area contributed by atoms with Crippen molar-refractivity contribution in [2.24, 2.45) is 0 Å². The number of ether oxygens (including phenoxy) is 1. The van der Waals surface area contributed by atoms with E-state index >= 15 is 0 Å². The lowest BCUT2D eigenvalue weighted by Crippen LogP contribution is -2.31. The maximum atomic E-state index is 5.94. The molecule has 1 aromatic carbocycles. The molecule has 0 amide bonds. The van der Waals surface area contributed by atoms with Gasteiger partial charge in [-0.15, -0.1) is 0 Å². The zero-order valence-electron chi connectivity index (χ0n) is 8.83. The van der Waals surface area contributed by atoms with Gasteiger partial charge >= 0.3 is 0 Å². The van der Waals surface area contributed by atoms with Crippen LogP contribution < -0.4 is 0 Å². The first kappa shape index (κ1) is 11.8. The topological polar surface area (TPSA) is 12.5 Å². The van der Waals surface area contributed by atoms with Crippen LogP contribution in [0, 0.1) is 0 Å². The van der Waals surface area contributed by atoms with Crippen LogP contribution in [0.15, 0.2) is 24.4 Å². The molecule has 1 aliphatic heterocycles. The van der Waals surface area contributed by atoms with Crippen molar-refractivity contribution < 1.29 is 4.74 Å². The van der Waals surface area contributed by atoms with Gasteiger partial charge in [0.2, 0.25) is 0 Å². The van der Waals surface area contributed by atoms with Crippen LogP contribution in [0.2, 0.25) is 10.0 Å². The van der Waals surface area contributed by atoms with Crippen LogP contribution in [0.1, 0.15) is 5.56 Å². The number of rotatable bonds is 2. The highest BCUT2D eigenvalue weighted by Gasteiger charge is 2.05. The normalized spacial score (nSPS) is 17.0. The van der Waals surface area contributed by atoms with Crippen molar-refractivity contribution in [3.63, 3.8) is 0 Å². The van der Waals surface area contributed by atoms with E-state index in [1.807, 2.05) is 24.3 Å². The van der Waals surface area contributed by atoms with Gasteiger partial charge in [-0.3, -0.25) is 0 Å². The van der Waals surface area contributed by atoms with Crippen molar-refractivity contribution in [3.05, 3.63) is 40.0 Å². The van der Waals surface area contributed by atoms with Crippen molar-refractivity contribution in [1.29, 1.82) is 0 Å². The average molecular weight is 258 g/mol. The van der Waals surface area contributed by atoms with Crippen molar-refractivity contribution in [3.8, 4) is 0 Å². The summed E-state index contributed by atoms with van der Waals surface area (Å²) in [6, 6.07) is 5.62. The summed E-state index contributed by atoms with van der Waals surface area (Å²) in [5.41, 5.74) is 1.06. The van der Waals surface area contributed by atoms with Gasteiger partial charge in [-0.05, 0) is 30.0 Å². The Morgan fingerprint density at radius 3 is 2.56 bits per heavy atom. The van der Waals surface area contributed by atoms with Crippen LogP contribution in [-0.4, -0.2) is 31.2 Å². The lowest BCUT2D eigenvalue weighted by molar-refractivity contribution is 0.0597. The fourth-order valence-corrected chi connectivity index (χ4v) is 1.84. The fraction of sp³-hybridized carbons (Fsp3) is 0.333. The fourth-order valence-electron chi connectivity index (χ4n) is 1.53. The average Bonchev–Trinajstić information content (AvgIpc) is 2.32. The molecule has 0 unspecified atom stereocenters. The second-order valence-electron chi connectivity index (χ2n) is 3.64. The molecule has 2 nitrogen and oxygen atoms in total. The molecular weight excluding hydrogens is 245 g/mol. The minimum atomic E-state index is 0.588. The molecule has 2 rings (SSSR count).